The van der Waals surface area contributed by atoms with E-state index in [-0.39, 0.29) is 0 Å². The predicted molar refractivity (Wildman–Crippen MR) is 106 cm³/mol. The van der Waals surface area contributed by atoms with Gasteiger partial charge in [-0.05, 0) is 65.6 Å². The van der Waals surface area contributed by atoms with E-state index in [0.29, 0.717) is 23.6 Å². The lowest BCUT2D eigenvalue weighted by Crippen LogP contribution is -2.68. The van der Waals surface area contributed by atoms with Crippen LogP contribution in [0.25, 0.3) is 0 Å². The van der Waals surface area contributed by atoms with Gasteiger partial charge in [0.05, 0.1) is 6.10 Å². The van der Waals surface area contributed by atoms with Gasteiger partial charge >= 0.3 is 0 Å². The quantitative estimate of drug-likeness (QED) is 0.469. The van der Waals surface area contributed by atoms with Gasteiger partial charge in [-0.15, -0.1) is 0 Å². The molecule has 3 atom stereocenters. The van der Waals surface area contributed by atoms with Gasteiger partial charge in [0.15, 0.2) is 5.96 Å². The molecule has 1 spiro atoms. The molecule has 2 fully saturated rings. The molecule has 0 aliphatic heterocycles. The Balaban J connectivity index is 1.74. The van der Waals surface area contributed by atoms with Crippen LogP contribution >= 0.6 is 0 Å². The molecule has 2 aliphatic carbocycles. The van der Waals surface area contributed by atoms with Crippen molar-refractivity contribution in [1.29, 1.82) is 0 Å². The molecule has 25 heavy (non-hydrogen) atoms. The van der Waals surface area contributed by atoms with E-state index < -0.39 is 0 Å². The third-order valence-corrected chi connectivity index (χ3v) is 6.36. The van der Waals surface area contributed by atoms with Gasteiger partial charge in [-0.3, -0.25) is 4.99 Å². The van der Waals surface area contributed by atoms with Gasteiger partial charge in [0.2, 0.25) is 0 Å². The Kier molecular flexibility index (Phi) is 8.01. The van der Waals surface area contributed by atoms with E-state index in [1.807, 2.05) is 7.05 Å². The van der Waals surface area contributed by atoms with Crippen LogP contribution in [0, 0.1) is 5.41 Å². The van der Waals surface area contributed by atoms with Crippen LogP contribution in [-0.4, -0.2) is 62.3 Å². The summed E-state index contributed by atoms with van der Waals surface area (Å²) in [5.74, 6) is 0.960. The minimum Gasteiger partial charge on any atom is -0.378 e. The van der Waals surface area contributed by atoms with Gasteiger partial charge in [0.25, 0.3) is 0 Å². The van der Waals surface area contributed by atoms with Crippen molar-refractivity contribution in [2.45, 2.75) is 84.4 Å². The third kappa shape index (κ3) is 4.88. The van der Waals surface area contributed by atoms with Crippen molar-refractivity contribution in [2.75, 3.05) is 33.3 Å². The van der Waals surface area contributed by atoms with E-state index >= 15 is 0 Å². The highest BCUT2D eigenvalue weighted by molar-refractivity contribution is 5.80. The number of hydrogen-bond acceptors (Lipinski definition) is 3. The van der Waals surface area contributed by atoms with Crippen LogP contribution in [0.3, 0.4) is 0 Å². The van der Waals surface area contributed by atoms with Crippen LogP contribution in [0.5, 0.6) is 0 Å². The van der Waals surface area contributed by atoms with Crippen LogP contribution < -0.4 is 10.6 Å². The molecule has 146 valence electrons. The molecule has 2 saturated carbocycles. The summed E-state index contributed by atoms with van der Waals surface area (Å²) in [6.45, 7) is 13.1. The number of nitrogens with zero attached hydrogens (tertiary/aromatic N) is 2. The molecule has 0 bridgehead atoms. The van der Waals surface area contributed by atoms with Crippen molar-refractivity contribution in [2.24, 2.45) is 10.4 Å². The van der Waals surface area contributed by atoms with E-state index in [9.17, 15) is 0 Å². The standard InChI is InChI=1S/C20H40N4O/c1-6-24(7-2)14-9-11-16(4)22-19(21-5)23-17-15-18(25-8-3)20(17)12-10-13-20/h16-18H,6-15H2,1-5H3,(H2,21,22,23). The Morgan fingerprint density at radius 2 is 2.00 bits per heavy atom. The van der Waals surface area contributed by atoms with Crippen molar-refractivity contribution in [3.05, 3.63) is 0 Å². The predicted octanol–water partition coefficient (Wildman–Crippen LogP) is 3.01. The first kappa shape index (κ1) is 20.5. The van der Waals surface area contributed by atoms with E-state index in [4.69, 9.17) is 4.74 Å². The van der Waals surface area contributed by atoms with Gasteiger partial charge in [0.1, 0.15) is 0 Å². The summed E-state index contributed by atoms with van der Waals surface area (Å²) in [6.07, 6.45) is 7.91. The summed E-state index contributed by atoms with van der Waals surface area (Å²) in [5.41, 5.74) is 0.375. The van der Waals surface area contributed by atoms with Crippen molar-refractivity contribution in [3.63, 3.8) is 0 Å². The maximum absolute atomic E-state index is 5.95. The number of ether oxygens (including phenoxy) is 1. The number of guanidine groups is 1. The summed E-state index contributed by atoms with van der Waals surface area (Å²) in [5, 5.41) is 7.27. The fourth-order valence-electron chi connectivity index (χ4n) is 4.44. The maximum Gasteiger partial charge on any atom is 0.191 e. The highest BCUT2D eigenvalue weighted by Crippen LogP contribution is 2.57. The first-order valence-electron chi connectivity index (χ1n) is 10.4. The average Bonchev–Trinajstić information content (AvgIpc) is 2.55. The lowest BCUT2D eigenvalue weighted by molar-refractivity contribution is -0.168. The van der Waals surface area contributed by atoms with Crippen molar-refractivity contribution < 1.29 is 4.74 Å². The first-order chi connectivity index (χ1) is 12.1. The van der Waals surface area contributed by atoms with Crippen molar-refractivity contribution in [1.82, 2.24) is 15.5 Å². The molecule has 5 nitrogen and oxygen atoms in total. The Morgan fingerprint density at radius 1 is 1.28 bits per heavy atom. The van der Waals surface area contributed by atoms with E-state index in [0.717, 1.165) is 32.1 Å². The summed E-state index contributed by atoms with van der Waals surface area (Å²) < 4.78 is 5.95. The SMILES string of the molecule is CCOC1CC(NC(=NC)NC(C)CCCN(CC)CC)C12CCC2. The zero-order valence-electron chi connectivity index (χ0n) is 17.1. The molecule has 2 rings (SSSR count). The maximum atomic E-state index is 5.95. The number of rotatable bonds is 10. The van der Waals surface area contributed by atoms with Gasteiger partial charge < -0.3 is 20.3 Å². The second-order valence-corrected chi connectivity index (χ2v) is 7.75. The molecule has 0 aromatic heterocycles. The third-order valence-electron chi connectivity index (χ3n) is 6.36. The highest BCUT2D eigenvalue weighted by atomic mass is 16.5. The Hall–Kier alpha value is -0.810. The van der Waals surface area contributed by atoms with Gasteiger partial charge in [-0.1, -0.05) is 20.3 Å². The fraction of sp³-hybridized carbons (Fsp3) is 0.950. The monoisotopic (exact) mass is 352 g/mol. The van der Waals surface area contributed by atoms with Crippen molar-refractivity contribution in [3.8, 4) is 0 Å². The molecular formula is C20H40N4O. The molecule has 0 heterocycles. The minimum atomic E-state index is 0.375. The topological polar surface area (TPSA) is 48.9 Å². The fourth-order valence-corrected chi connectivity index (χ4v) is 4.44. The lowest BCUT2D eigenvalue weighted by Gasteiger charge is -2.61. The van der Waals surface area contributed by atoms with E-state index in [1.165, 1.54) is 38.6 Å². The smallest absolute Gasteiger partial charge is 0.191 e. The summed E-state index contributed by atoms with van der Waals surface area (Å²) in [4.78, 5) is 6.95. The molecule has 5 heteroatoms. The van der Waals surface area contributed by atoms with E-state index in [2.05, 4.69) is 48.2 Å². The molecule has 2 aliphatic rings. The van der Waals surface area contributed by atoms with Gasteiger partial charge in [-0.25, -0.2) is 0 Å². The van der Waals surface area contributed by atoms with Crippen molar-refractivity contribution >= 4 is 5.96 Å². The highest BCUT2D eigenvalue weighted by Gasteiger charge is 2.59. The van der Waals surface area contributed by atoms with Crippen LogP contribution in [-0.2, 0) is 4.74 Å². The Labute approximate surface area is 155 Å². The second kappa shape index (κ2) is 9.77. The molecule has 0 aromatic rings. The minimum absolute atomic E-state index is 0.375. The van der Waals surface area contributed by atoms with Gasteiger partial charge in [0, 0.05) is 31.2 Å². The Bertz CT molecular complexity index is 418. The van der Waals surface area contributed by atoms with Crippen LogP contribution in [0.1, 0.15) is 66.2 Å². The van der Waals surface area contributed by atoms with Crippen LogP contribution in [0.2, 0.25) is 0 Å². The summed E-state index contributed by atoms with van der Waals surface area (Å²) >= 11 is 0. The molecule has 0 amide bonds. The zero-order valence-corrected chi connectivity index (χ0v) is 17.1. The van der Waals surface area contributed by atoms with Crippen LogP contribution in [0.4, 0.5) is 0 Å². The van der Waals surface area contributed by atoms with Gasteiger partial charge in [-0.2, -0.15) is 0 Å². The molecule has 0 radical (unpaired) electrons. The first-order valence-corrected chi connectivity index (χ1v) is 10.4. The average molecular weight is 353 g/mol. The molecular weight excluding hydrogens is 312 g/mol. The molecule has 3 unspecified atom stereocenters. The Morgan fingerprint density at radius 3 is 2.52 bits per heavy atom. The largest absolute Gasteiger partial charge is 0.378 e. The summed E-state index contributed by atoms with van der Waals surface area (Å²) in [6, 6.07) is 0.966. The molecule has 0 saturated heterocycles. The zero-order chi connectivity index (χ0) is 18.3. The van der Waals surface area contributed by atoms with E-state index in [1.54, 1.807) is 0 Å². The number of aliphatic imine (C=N–C) groups is 1. The lowest BCUT2D eigenvalue weighted by atomic mass is 9.51. The molecule has 2 N–H and O–H groups in total. The van der Waals surface area contributed by atoms with Crippen LogP contribution in [0.15, 0.2) is 4.99 Å². The number of hydrogen-bond donors (Lipinski definition) is 2. The normalized spacial score (nSPS) is 26.2. The number of nitrogens with one attached hydrogen (secondary N) is 2. The molecule has 0 aromatic carbocycles. The second-order valence-electron chi connectivity index (χ2n) is 7.75. The summed E-state index contributed by atoms with van der Waals surface area (Å²) in [7, 11) is 1.88.